The molecule has 2 amide bonds. The number of carbonyl (C=O) groups is 2. The van der Waals surface area contributed by atoms with E-state index in [4.69, 9.17) is 9.47 Å². The third-order valence-electron chi connectivity index (χ3n) is 5.55. The van der Waals surface area contributed by atoms with Gasteiger partial charge >= 0.3 is 0 Å². The molecule has 2 aromatic carbocycles. The van der Waals surface area contributed by atoms with E-state index in [2.05, 4.69) is 5.10 Å². The molecule has 1 fully saturated rings. The van der Waals surface area contributed by atoms with Crippen molar-refractivity contribution in [2.24, 2.45) is 0 Å². The van der Waals surface area contributed by atoms with Crippen LogP contribution in [-0.4, -0.2) is 71.8 Å². The van der Waals surface area contributed by atoms with Gasteiger partial charge in [0.05, 0.1) is 25.5 Å². The lowest BCUT2D eigenvalue weighted by Crippen LogP contribution is -2.37. The van der Waals surface area contributed by atoms with Crippen LogP contribution < -0.4 is 9.47 Å². The van der Waals surface area contributed by atoms with Crippen molar-refractivity contribution in [3.8, 4) is 17.2 Å². The van der Waals surface area contributed by atoms with Gasteiger partial charge in [0.25, 0.3) is 11.8 Å². The maximum atomic E-state index is 13.1. The number of para-hydroxylation sites is 1. The summed E-state index contributed by atoms with van der Waals surface area (Å²) in [6, 6.07) is 16.4. The number of nitrogens with zero attached hydrogens (tertiary/aromatic N) is 4. The molecule has 0 radical (unpaired) electrons. The maximum Gasteiger partial charge on any atom is 0.274 e. The molecule has 166 valence electrons. The van der Waals surface area contributed by atoms with Crippen molar-refractivity contribution in [3.05, 3.63) is 72.1 Å². The van der Waals surface area contributed by atoms with Crippen molar-refractivity contribution in [2.75, 3.05) is 40.4 Å². The predicted octanol–water partition coefficient (Wildman–Crippen LogP) is 2.88. The average molecular weight is 434 g/mol. The molecule has 0 atom stereocenters. The lowest BCUT2D eigenvalue weighted by molar-refractivity contribution is 0.0713. The van der Waals surface area contributed by atoms with Crippen LogP contribution >= 0.6 is 0 Å². The Bertz CT molecular complexity index is 1090. The molecule has 0 spiro atoms. The molecule has 8 heteroatoms. The molecule has 1 aliphatic heterocycles. The summed E-state index contributed by atoms with van der Waals surface area (Å²) in [6.07, 6.45) is 2.47. The van der Waals surface area contributed by atoms with Gasteiger partial charge in [-0.15, -0.1) is 0 Å². The highest BCUT2D eigenvalue weighted by molar-refractivity contribution is 5.97. The number of amides is 2. The van der Waals surface area contributed by atoms with E-state index in [9.17, 15) is 9.59 Å². The van der Waals surface area contributed by atoms with Crippen LogP contribution in [0.15, 0.2) is 60.8 Å². The van der Waals surface area contributed by atoms with Gasteiger partial charge in [-0.3, -0.25) is 9.59 Å². The summed E-state index contributed by atoms with van der Waals surface area (Å²) >= 11 is 0. The van der Waals surface area contributed by atoms with Crippen molar-refractivity contribution in [1.29, 1.82) is 0 Å². The molecular weight excluding hydrogens is 408 g/mol. The molecule has 3 aromatic rings. The van der Waals surface area contributed by atoms with Crippen LogP contribution in [0.2, 0.25) is 0 Å². The van der Waals surface area contributed by atoms with Gasteiger partial charge in [-0.25, -0.2) is 4.68 Å². The molecular formula is C24H26N4O4. The minimum absolute atomic E-state index is 0.0828. The standard InChI is InChI=1S/C24H26N4O4/c1-31-19-10-8-18(9-11-19)28-15-12-21(25-28)24(30)27-14-5-13-26(16-17-27)23(29)20-6-3-4-7-22(20)32-2/h3-4,6-12,15H,5,13-14,16-17H2,1-2H3. The number of rotatable bonds is 5. The zero-order valence-electron chi connectivity index (χ0n) is 18.2. The Morgan fingerprint density at radius 2 is 1.50 bits per heavy atom. The number of methoxy groups -OCH3 is 2. The normalized spacial score (nSPS) is 14.1. The minimum atomic E-state index is -0.135. The lowest BCUT2D eigenvalue weighted by atomic mass is 10.1. The van der Waals surface area contributed by atoms with Gasteiger partial charge in [0, 0.05) is 32.4 Å². The highest BCUT2D eigenvalue weighted by Gasteiger charge is 2.26. The molecule has 0 bridgehead atoms. The van der Waals surface area contributed by atoms with Gasteiger partial charge in [-0.1, -0.05) is 12.1 Å². The van der Waals surface area contributed by atoms with E-state index in [1.165, 1.54) is 0 Å². The van der Waals surface area contributed by atoms with Crippen molar-refractivity contribution in [1.82, 2.24) is 19.6 Å². The van der Waals surface area contributed by atoms with E-state index in [-0.39, 0.29) is 11.8 Å². The van der Waals surface area contributed by atoms with Crippen molar-refractivity contribution in [3.63, 3.8) is 0 Å². The van der Waals surface area contributed by atoms with Crippen LogP contribution in [-0.2, 0) is 0 Å². The average Bonchev–Trinajstić information content (AvgIpc) is 3.21. The summed E-state index contributed by atoms with van der Waals surface area (Å²) in [5, 5.41) is 4.45. The van der Waals surface area contributed by atoms with Gasteiger partial charge in [-0.2, -0.15) is 5.10 Å². The highest BCUT2D eigenvalue weighted by atomic mass is 16.5. The van der Waals surface area contributed by atoms with E-state index < -0.39 is 0 Å². The summed E-state index contributed by atoms with van der Waals surface area (Å²) in [5.74, 6) is 1.09. The van der Waals surface area contributed by atoms with Crippen molar-refractivity contribution in [2.45, 2.75) is 6.42 Å². The van der Waals surface area contributed by atoms with Crippen LogP contribution in [0.4, 0.5) is 0 Å². The Morgan fingerprint density at radius 3 is 2.19 bits per heavy atom. The topological polar surface area (TPSA) is 76.9 Å². The molecule has 8 nitrogen and oxygen atoms in total. The Balaban J connectivity index is 1.42. The quantitative estimate of drug-likeness (QED) is 0.617. The molecule has 0 saturated carbocycles. The second-order valence-corrected chi connectivity index (χ2v) is 7.48. The van der Waals surface area contributed by atoms with Crippen LogP contribution in [0.5, 0.6) is 11.5 Å². The van der Waals surface area contributed by atoms with Crippen LogP contribution in [0, 0.1) is 0 Å². The smallest absolute Gasteiger partial charge is 0.274 e. The maximum absolute atomic E-state index is 13.1. The molecule has 4 rings (SSSR count). The zero-order chi connectivity index (χ0) is 22.5. The monoisotopic (exact) mass is 434 g/mol. The van der Waals surface area contributed by atoms with E-state index >= 15 is 0 Å². The lowest BCUT2D eigenvalue weighted by Gasteiger charge is -2.22. The van der Waals surface area contributed by atoms with Gasteiger partial charge in [0.2, 0.25) is 0 Å². The summed E-state index contributed by atoms with van der Waals surface area (Å²) in [5.41, 5.74) is 1.76. The summed E-state index contributed by atoms with van der Waals surface area (Å²) < 4.78 is 12.2. The highest BCUT2D eigenvalue weighted by Crippen LogP contribution is 2.21. The summed E-state index contributed by atoms with van der Waals surface area (Å²) in [4.78, 5) is 29.6. The minimum Gasteiger partial charge on any atom is -0.497 e. The summed E-state index contributed by atoms with van der Waals surface area (Å²) in [6.45, 7) is 2.07. The number of benzene rings is 2. The first kappa shape index (κ1) is 21.4. The number of hydrogen-bond donors (Lipinski definition) is 0. The Hall–Kier alpha value is -3.81. The second kappa shape index (κ2) is 9.55. The predicted molar refractivity (Wildman–Crippen MR) is 120 cm³/mol. The molecule has 0 unspecified atom stereocenters. The Kier molecular flexibility index (Phi) is 6.39. The molecule has 32 heavy (non-hydrogen) atoms. The fraction of sp³-hybridized carbons (Fsp3) is 0.292. The van der Waals surface area contributed by atoms with E-state index in [1.54, 1.807) is 53.1 Å². The number of hydrogen-bond acceptors (Lipinski definition) is 5. The SMILES string of the molecule is COc1ccc(-n2ccc(C(=O)N3CCCN(C(=O)c4ccccc4OC)CC3)n2)cc1. The Morgan fingerprint density at radius 1 is 0.812 bits per heavy atom. The van der Waals surface area contributed by atoms with Crippen molar-refractivity contribution >= 4 is 11.8 Å². The van der Waals surface area contributed by atoms with Gasteiger partial charge in [-0.05, 0) is 48.9 Å². The number of ether oxygens (including phenoxy) is 2. The zero-order valence-corrected chi connectivity index (χ0v) is 18.2. The molecule has 1 saturated heterocycles. The van der Waals surface area contributed by atoms with Gasteiger partial charge in [0.1, 0.15) is 11.5 Å². The molecule has 0 aliphatic carbocycles. The largest absolute Gasteiger partial charge is 0.497 e. The molecule has 1 aliphatic rings. The van der Waals surface area contributed by atoms with Crippen LogP contribution in [0.3, 0.4) is 0 Å². The van der Waals surface area contributed by atoms with E-state index in [1.807, 2.05) is 36.4 Å². The molecule has 2 heterocycles. The first-order valence-corrected chi connectivity index (χ1v) is 10.5. The van der Waals surface area contributed by atoms with Gasteiger partial charge in [0.15, 0.2) is 5.69 Å². The number of carbonyl (C=O) groups excluding carboxylic acids is 2. The number of aromatic nitrogens is 2. The van der Waals surface area contributed by atoms with Crippen LogP contribution in [0.25, 0.3) is 5.69 Å². The van der Waals surface area contributed by atoms with E-state index in [0.29, 0.717) is 49.6 Å². The fourth-order valence-corrected chi connectivity index (χ4v) is 3.79. The molecule has 0 N–H and O–H groups in total. The van der Waals surface area contributed by atoms with Crippen LogP contribution in [0.1, 0.15) is 27.3 Å². The first-order valence-electron chi connectivity index (χ1n) is 10.5. The fourth-order valence-electron chi connectivity index (χ4n) is 3.79. The van der Waals surface area contributed by atoms with Gasteiger partial charge < -0.3 is 19.3 Å². The second-order valence-electron chi connectivity index (χ2n) is 7.48. The third kappa shape index (κ3) is 4.44. The first-order chi connectivity index (χ1) is 15.6. The summed E-state index contributed by atoms with van der Waals surface area (Å²) in [7, 11) is 3.17. The molecule has 1 aromatic heterocycles. The Labute approximate surface area is 187 Å². The van der Waals surface area contributed by atoms with E-state index in [0.717, 1.165) is 11.4 Å². The van der Waals surface area contributed by atoms with Crippen molar-refractivity contribution < 1.29 is 19.1 Å². The third-order valence-corrected chi connectivity index (χ3v) is 5.55.